The first-order chi connectivity index (χ1) is 16.9. The van der Waals surface area contributed by atoms with Crippen molar-refractivity contribution >= 4 is 39.3 Å². The number of carbonyl (C=O) groups is 1. The van der Waals surface area contributed by atoms with Gasteiger partial charge in [-0.1, -0.05) is 64.5 Å². The van der Waals surface area contributed by atoms with E-state index in [2.05, 4.69) is 15.9 Å². The van der Waals surface area contributed by atoms with Crippen LogP contribution in [0.15, 0.2) is 68.0 Å². The average Bonchev–Trinajstić information content (AvgIpc) is 3.19. The van der Waals surface area contributed by atoms with Gasteiger partial charge >= 0.3 is 5.97 Å². The molecule has 182 valence electrons. The van der Waals surface area contributed by atoms with Gasteiger partial charge in [-0.15, -0.1) is 0 Å². The highest BCUT2D eigenvalue weighted by atomic mass is 79.9. The Bertz CT molecular complexity index is 1470. The summed E-state index contributed by atoms with van der Waals surface area (Å²) in [6.45, 7) is 4.34. The number of ether oxygens (including phenoxy) is 3. The zero-order valence-electron chi connectivity index (χ0n) is 19.8. The van der Waals surface area contributed by atoms with Crippen LogP contribution in [-0.4, -0.2) is 31.4 Å². The lowest BCUT2D eigenvalue weighted by atomic mass is 9.95. The van der Waals surface area contributed by atoms with Gasteiger partial charge < -0.3 is 14.2 Å². The Morgan fingerprint density at radius 3 is 2.54 bits per heavy atom. The highest BCUT2D eigenvalue weighted by molar-refractivity contribution is 9.10. The van der Waals surface area contributed by atoms with E-state index in [-0.39, 0.29) is 5.56 Å². The van der Waals surface area contributed by atoms with Gasteiger partial charge in [-0.05, 0) is 42.7 Å². The monoisotopic (exact) mass is 556 g/mol. The van der Waals surface area contributed by atoms with Gasteiger partial charge in [-0.3, -0.25) is 9.36 Å². The van der Waals surface area contributed by atoms with E-state index in [0.29, 0.717) is 45.1 Å². The smallest absolute Gasteiger partial charge is 0.338 e. The molecule has 0 spiro atoms. The number of fused-ring (bicyclic) bond motifs is 1. The second-order valence-corrected chi connectivity index (χ2v) is 9.52. The molecule has 0 amide bonds. The molecule has 0 saturated heterocycles. The number of nitrogens with zero attached hydrogens (tertiary/aromatic N) is 2. The number of benzene rings is 2. The summed E-state index contributed by atoms with van der Waals surface area (Å²) < 4.78 is 19.0. The molecule has 4 rings (SSSR count). The summed E-state index contributed by atoms with van der Waals surface area (Å²) in [5.74, 6) is 0.685. The standard InChI is InChI=1S/C26H25BrN2O5S/c1-5-18-22(25(31)33-4)23(15-10-8-7-9-11-15)29-24(30)21(35-26(29)28-18)13-16-12-19(32-3)20(34-6-2)14-17(16)27/h7-14,23H,5-6H2,1-4H3/b21-13-/t23-/m0/s1. The van der Waals surface area contributed by atoms with Crippen molar-refractivity contribution in [1.29, 1.82) is 0 Å². The fourth-order valence-electron chi connectivity index (χ4n) is 4.05. The van der Waals surface area contributed by atoms with E-state index in [1.54, 1.807) is 17.8 Å². The van der Waals surface area contributed by atoms with E-state index < -0.39 is 12.0 Å². The van der Waals surface area contributed by atoms with E-state index in [4.69, 9.17) is 19.2 Å². The molecular formula is C26H25BrN2O5S. The third-order valence-electron chi connectivity index (χ3n) is 5.63. The van der Waals surface area contributed by atoms with Crippen molar-refractivity contribution in [2.75, 3.05) is 20.8 Å². The Labute approximate surface area is 215 Å². The summed E-state index contributed by atoms with van der Waals surface area (Å²) in [6.07, 6.45) is 2.32. The first-order valence-electron chi connectivity index (χ1n) is 11.1. The topological polar surface area (TPSA) is 79.1 Å². The molecule has 7 nitrogen and oxygen atoms in total. The van der Waals surface area contributed by atoms with E-state index >= 15 is 0 Å². The van der Waals surface area contributed by atoms with Gasteiger partial charge in [-0.2, -0.15) is 0 Å². The number of halogens is 1. The Morgan fingerprint density at radius 2 is 1.91 bits per heavy atom. The zero-order valence-corrected chi connectivity index (χ0v) is 22.2. The van der Waals surface area contributed by atoms with E-state index in [1.807, 2.05) is 56.3 Å². The molecule has 1 aliphatic heterocycles. The molecule has 2 heterocycles. The first kappa shape index (κ1) is 24.9. The lowest BCUT2D eigenvalue weighted by Crippen LogP contribution is -2.40. The van der Waals surface area contributed by atoms with Crippen LogP contribution in [0.1, 0.15) is 37.4 Å². The van der Waals surface area contributed by atoms with Crippen LogP contribution in [0.2, 0.25) is 0 Å². The number of aromatic nitrogens is 1. The molecule has 0 unspecified atom stereocenters. The minimum Gasteiger partial charge on any atom is -0.493 e. The number of hydrogen-bond donors (Lipinski definition) is 0. The summed E-state index contributed by atoms with van der Waals surface area (Å²) in [5, 5.41) is 0. The van der Waals surface area contributed by atoms with E-state index in [1.165, 1.54) is 18.4 Å². The SMILES string of the molecule is CCOc1cc(Br)c(/C=c2\sc3n(c2=O)[C@@H](c2ccccc2)C(C(=O)OC)=C(CC)N=3)cc1OC. The molecule has 0 radical (unpaired) electrons. The number of hydrogen-bond acceptors (Lipinski definition) is 7. The molecule has 2 aromatic carbocycles. The number of thiazole rings is 1. The molecule has 0 fully saturated rings. The van der Waals surface area contributed by atoms with Crippen molar-refractivity contribution in [2.45, 2.75) is 26.3 Å². The average molecular weight is 557 g/mol. The number of rotatable bonds is 7. The molecule has 1 atom stereocenters. The van der Waals surface area contributed by atoms with E-state index in [0.717, 1.165) is 15.6 Å². The fourth-order valence-corrected chi connectivity index (χ4v) is 5.49. The predicted octanol–water partition coefficient (Wildman–Crippen LogP) is 3.97. The van der Waals surface area contributed by atoms with Gasteiger partial charge in [0.25, 0.3) is 5.56 Å². The van der Waals surface area contributed by atoms with E-state index in [9.17, 15) is 9.59 Å². The summed E-state index contributed by atoms with van der Waals surface area (Å²) in [7, 11) is 2.91. The fraction of sp³-hybridized carbons (Fsp3) is 0.269. The third kappa shape index (κ3) is 4.70. The number of methoxy groups -OCH3 is 2. The van der Waals surface area contributed by atoms with Crippen molar-refractivity contribution < 1.29 is 19.0 Å². The molecule has 1 aromatic heterocycles. The summed E-state index contributed by atoms with van der Waals surface area (Å²) in [5.41, 5.74) is 2.32. The molecule has 0 N–H and O–H groups in total. The highest BCUT2D eigenvalue weighted by Gasteiger charge is 2.33. The maximum atomic E-state index is 13.7. The number of allylic oxidation sites excluding steroid dienone is 1. The second-order valence-electron chi connectivity index (χ2n) is 7.66. The minimum absolute atomic E-state index is 0.237. The van der Waals surface area contributed by atoms with Crippen molar-refractivity contribution in [3.8, 4) is 11.5 Å². The molecule has 0 aliphatic carbocycles. The van der Waals surface area contributed by atoms with Crippen LogP contribution in [0.4, 0.5) is 0 Å². The largest absolute Gasteiger partial charge is 0.493 e. The second kappa shape index (κ2) is 10.6. The predicted molar refractivity (Wildman–Crippen MR) is 139 cm³/mol. The Morgan fingerprint density at radius 1 is 1.17 bits per heavy atom. The van der Waals surface area contributed by atoms with Crippen LogP contribution >= 0.6 is 27.3 Å². The Balaban J connectivity index is 1.96. The normalized spacial score (nSPS) is 15.5. The lowest BCUT2D eigenvalue weighted by Gasteiger charge is -2.25. The van der Waals surface area contributed by atoms with Crippen molar-refractivity contribution in [2.24, 2.45) is 4.99 Å². The summed E-state index contributed by atoms with van der Waals surface area (Å²) in [4.78, 5) is 31.8. The van der Waals surface area contributed by atoms with Crippen molar-refractivity contribution in [3.63, 3.8) is 0 Å². The van der Waals surface area contributed by atoms with Crippen LogP contribution < -0.4 is 24.4 Å². The quantitative estimate of drug-likeness (QED) is 0.411. The Kier molecular flexibility index (Phi) is 7.57. The van der Waals surface area contributed by atoms with Gasteiger partial charge in [0.05, 0.1) is 42.7 Å². The third-order valence-corrected chi connectivity index (χ3v) is 7.30. The molecule has 3 aromatic rings. The van der Waals surface area contributed by atoms with Crippen LogP contribution in [0.25, 0.3) is 6.08 Å². The molecule has 9 heteroatoms. The minimum atomic E-state index is -0.629. The van der Waals surface area contributed by atoms with Crippen LogP contribution in [0.3, 0.4) is 0 Å². The van der Waals surface area contributed by atoms with Gasteiger partial charge in [-0.25, -0.2) is 9.79 Å². The molecule has 35 heavy (non-hydrogen) atoms. The maximum absolute atomic E-state index is 13.7. The summed E-state index contributed by atoms with van der Waals surface area (Å²) in [6, 6.07) is 12.5. The van der Waals surface area contributed by atoms with Crippen molar-refractivity contribution in [1.82, 2.24) is 4.57 Å². The molecule has 1 aliphatic rings. The van der Waals surface area contributed by atoms with Gasteiger partial charge in [0.2, 0.25) is 0 Å². The summed E-state index contributed by atoms with van der Waals surface area (Å²) >= 11 is 4.86. The van der Waals surface area contributed by atoms with Crippen molar-refractivity contribution in [3.05, 3.63) is 89.0 Å². The maximum Gasteiger partial charge on any atom is 0.338 e. The first-order valence-corrected chi connectivity index (χ1v) is 12.7. The van der Waals surface area contributed by atoms with Gasteiger partial charge in [0.15, 0.2) is 16.3 Å². The highest BCUT2D eigenvalue weighted by Crippen LogP contribution is 2.34. The van der Waals surface area contributed by atoms with Crippen LogP contribution in [-0.2, 0) is 9.53 Å². The van der Waals surface area contributed by atoms with Gasteiger partial charge in [0.1, 0.15) is 0 Å². The molecular weight excluding hydrogens is 532 g/mol. The number of esters is 1. The molecule has 0 saturated carbocycles. The molecule has 0 bridgehead atoms. The Hall–Kier alpha value is -3.17. The van der Waals surface area contributed by atoms with Crippen LogP contribution in [0, 0.1) is 0 Å². The van der Waals surface area contributed by atoms with Gasteiger partial charge in [0, 0.05) is 4.47 Å². The number of carbonyl (C=O) groups excluding carboxylic acids is 1. The van der Waals surface area contributed by atoms with Crippen LogP contribution in [0.5, 0.6) is 11.5 Å². The lowest BCUT2D eigenvalue weighted by molar-refractivity contribution is -0.136. The zero-order chi connectivity index (χ0) is 25.1.